The summed E-state index contributed by atoms with van der Waals surface area (Å²) in [6, 6.07) is 0. The minimum absolute atomic E-state index is 0.0502. The van der Waals surface area contributed by atoms with Gasteiger partial charge in [0.2, 0.25) is 0 Å². The van der Waals surface area contributed by atoms with Gasteiger partial charge >= 0.3 is 0 Å². The normalized spacial score (nSPS) is 26.3. The van der Waals surface area contributed by atoms with E-state index in [0.29, 0.717) is 26.3 Å². The Hall–Kier alpha value is -0.650. The van der Waals surface area contributed by atoms with E-state index in [1.807, 2.05) is 6.92 Å². The van der Waals surface area contributed by atoms with E-state index >= 15 is 0 Å². The summed E-state index contributed by atoms with van der Waals surface area (Å²) in [5.74, 6) is -0.0502. The first-order chi connectivity index (χ1) is 7.19. The van der Waals surface area contributed by atoms with Crippen molar-refractivity contribution in [2.75, 3.05) is 40.0 Å². The number of ether oxygens (including phenoxy) is 2. The molecule has 0 aromatic heterocycles. The highest BCUT2D eigenvalue weighted by molar-refractivity contribution is 5.85. The molecule has 0 saturated carbocycles. The molecule has 0 radical (unpaired) electrons. The molecule has 1 rings (SSSR count). The predicted octanol–water partition coefficient (Wildman–Crippen LogP) is -0.482. The lowest BCUT2D eigenvalue weighted by atomic mass is 10.0. The van der Waals surface area contributed by atoms with Crippen molar-refractivity contribution in [2.24, 2.45) is 0 Å². The smallest absolute Gasteiger partial charge is 0.253 e. The van der Waals surface area contributed by atoms with Crippen molar-refractivity contribution in [1.82, 2.24) is 10.6 Å². The number of amides is 1. The predicted molar refractivity (Wildman–Crippen MR) is 56.7 cm³/mol. The van der Waals surface area contributed by atoms with Crippen molar-refractivity contribution in [3.63, 3.8) is 0 Å². The lowest BCUT2D eigenvalue weighted by Gasteiger charge is -2.32. The van der Waals surface area contributed by atoms with E-state index in [-0.39, 0.29) is 5.91 Å². The van der Waals surface area contributed by atoms with Crippen LogP contribution in [0.25, 0.3) is 0 Å². The molecule has 1 heterocycles. The van der Waals surface area contributed by atoms with Gasteiger partial charge in [0.1, 0.15) is 0 Å². The summed E-state index contributed by atoms with van der Waals surface area (Å²) in [4.78, 5) is 11.8. The maximum Gasteiger partial charge on any atom is 0.253 e. The van der Waals surface area contributed by atoms with Gasteiger partial charge in [0.15, 0.2) is 5.60 Å². The summed E-state index contributed by atoms with van der Waals surface area (Å²) < 4.78 is 10.4. The highest BCUT2D eigenvalue weighted by Gasteiger charge is 2.35. The largest absolute Gasteiger partial charge is 0.385 e. The van der Waals surface area contributed by atoms with Crippen LogP contribution in [0.15, 0.2) is 0 Å². The van der Waals surface area contributed by atoms with Gasteiger partial charge in [-0.05, 0) is 13.3 Å². The van der Waals surface area contributed by atoms with Crippen LogP contribution < -0.4 is 10.6 Å². The Balaban J connectivity index is 2.25. The number of hydrogen-bond acceptors (Lipinski definition) is 4. The molecule has 5 nitrogen and oxygen atoms in total. The second-order valence-electron chi connectivity index (χ2n) is 3.86. The number of rotatable bonds is 5. The van der Waals surface area contributed by atoms with Gasteiger partial charge in [-0.15, -0.1) is 0 Å². The maximum atomic E-state index is 11.8. The lowest BCUT2D eigenvalue weighted by Crippen LogP contribution is -2.57. The molecular formula is C10H20N2O3. The molecule has 1 aliphatic rings. The number of hydrogen-bond donors (Lipinski definition) is 2. The fourth-order valence-electron chi connectivity index (χ4n) is 1.48. The number of nitrogens with one attached hydrogen (secondary N) is 2. The molecule has 1 atom stereocenters. The third-order valence-corrected chi connectivity index (χ3v) is 2.45. The molecule has 1 fully saturated rings. The van der Waals surface area contributed by atoms with Crippen LogP contribution in [0, 0.1) is 0 Å². The first-order valence-corrected chi connectivity index (χ1v) is 5.31. The standard InChI is InChI=1S/C10H20N2O3/c1-10(8-11-5-7-15-10)9(13)12-4-3-6-14-2/h11H,3-8H2,1-2H3,(H,12,13). The fraction of sp³-hybridized carbons (Fsp3) is 0.900. The van der Waals surface area contributed by atoms with Gasteiger partial charge in [-0.3, -0.25) is 4.79 Å². The second-order valence-corrected chi connectivity index (χ2v) is 3.86. The quantitative estimate of drug-likeness (QED) is 0.609. The zero-order chi connectivity index (χ0) is 11.1. The fourth-order valence-corrected chi connectivity index (χ4v) is 1.48. The summed E-state index contributed by atoms with van der Waals surface area (Å²) in [6.45, 7) is 5.07. The number of methoxy groups -OCH3 is 1. The van der Waals surface area contributed by atoms with Gasteiger partial charge in [0.05, 0.1) is 6.61 Å². The molecule has 1 amide bonds. The monoisotopic (exact) mass is 216 g/mol. The average molecular weight is 216 g/mol. The molecule has 0 spiro atoms. The molecule has 2 N–H and O–H groups in total. The van der Waals surface area contributed by atoms with Gasteiger partial charge in [0, 0.05) is 33.4 Å². The van der Waals surface area contributed by atoms with Gasteiger partial charge in [0.25, 0.3) is 5.91 Å². The SMILES string of the molecule is COCCCNC(=O)C1(C)CNCCO1. The van der Waals surface area contributed by atoms with Crippen molar-refractivity contribution in [2.45, 2.75) is 18.9 Å². The zero-order valence-electron chi connectivity index (χ0n) is 9.47. The maximum absolute atomic E-state index is 11.8. The molecule has 1 saturated heterocycles. The van der Waals surface area contributed by atoms with Crippen LogP contribution in [0.1, 0.15) is 13.3 Å². The molecule has 5 heteroatoms. The van der Waals surface area contributed by atoms with E-state index in [4.69, 9.17) is 9.47 Å². The molecule has 0 aliphatic carbocycles. The Morgan fingerprint density at radius 3 is 3.07 bits per heavy atom. The molecule has 0 aromatic rings. The van der Waals surface area contributed by atoms with Gasteiger partial charge in [-0.2, -0.15) is 0 Å². The van der Waals surface area contributed by atoms with E-state index in [0.717, 1.165) is 13.0 Å². The van der Waals surface area contributed by atoms with Crippen molar-refractivity contribution in [1.29, 1.82) is 0 Å². The summed E-state index contributed by atoms with van der Waals surface area (Å²) in [5, 5.41) is 5.99. The first kappa shape index (κ1) is 12.4. The third kappa shape index (κ3) is 3.77. The van der Waals surface area contributed by atoms with Crippen LogP contribution >= 0.6 is 0 Å². The Labute approximate surface area is 90.5 Å². The van der Waals surface area contributed by atoms with Crippen molar-refractivity contribution in [3.05, 3.63) is 0 Å². The highest BCUT2D eigenvalue weighted by Crippen LogP contribution is 2.12. The van der Waals surface area contributed by atoms with E-state index in [1.165, 1.54) is 0 Å². The van der Waals surface area contributed by atoms with E-state index in [9.17, 15) is 4.79 Å². The summed E-state index contributed by atoms with van der Waals surface area (Å²) in [6.07, 6.45) is 0.825. The molecule has 0 aromatic carbocycles. The van der Waals surface area contributed by atoms with Crippen LogP contribution in [-0.2, 0) is 14.3 Å². The minimum atomic E-state index is -0.717. The summed E-state index contributed by atoms with van der Waals surface area (Å²) in [5.41, 5.74) is -0.717. The topological polar surface area (TPSA) is 59.6 Å². The Morgan fingerprint density at radius 1 is 1.67 bits per heavy atom. The van der Waals surface area contributed by atoms with E-state index in [2.05, 4.69) is 10.6 Å². The zero-order valence-corrected chi connectivity index (χ0v) is 9.47. The Kier molecular flexibility index (Phi) is 5.01. The van der Waals surface area contributed by atoms with Crippen molar-refractivity contribution >= 4 is 5.91 Å². The molecule has 1 unspecified atom stereocenters. The lowest BCUT2D eigenvalue weighted by molar-refractivity contribution is -0.147. The Morgan fingerprint density at radius 2 is 2.47 bits per heavy atom. The first-order valence-electron chi connectivity index (χ1n) is 5.31. The number of carbonyl (C=O) groups is 1. The molecule has 15 heavy (non-hydrogen) atoms. The van der Waals surface area contributed by atoms with E-state index < -0.39 is 5.60 Å². The van der Waals surface area contributed by atoms with Crippen LogP contribution in [0.3, 0.4) is 0 Å². The summed E-state index contributed by atoms with van der Waals surface area (Å²) >= 11 is 0. The van der Waals surface area contributed by atoms with Gasteiger partial charge in [-0.25, -0.2) is 0 Å². The molecule has 0 bridgehead atoms. The second kappa shape index (κ2) is 6.05. The van der Waals surface area contributed by atoms with Crippen LogP contribution in [-0.4, -0.2) is 51.5 Å². The number of carbonyl (C=O) groups excluding carboxylic acids is 1. The van der Waals surface area contributed by atoms with E-state index in [1.54, 1.807) is 7.11 Å². The average Bonchev–Trinajstić information content (AvgIpc) is 2.25. The van der Waals surface area contributed by atoms with Crippen LogP contribution in [0.5, 0.6) is 0 Å². The van der Waals surface area contributed by atoms with Crippen LogP contribution in [0.4, 0.5) is 0 Å². The van der Waals surface area contributed by atoms with Crippen molar-refractivity contribution < 1.29 is 14.3 Å². The van der Waals surface area contributed by atoms with Gasteiger partial charge < -0.3 is 20.1 Å². The Bertz CT molecular complexity index is 203. The number of morpholine rings is 1. The molecule has 1 aliphatic heterocycles. The highest BCUT2D eigenvalue weighted by atomic mass is 16.5. The molecular weight excluding hydrogens is 196 g/mol. The van der Waals surface area contributed by atoms with Crippen LogP contribution in [0.2, 0.25) is 0 Å². The molecule has 88 valence electrons. The van der Waals surface area contributed by atoms with Gasteiger partial charge in [-0.1, -0.05) is 0 Å². The minimum Gasteiger partial charge on any atom is -0.385 e. The summed E-state index contributed by atoms with van der Waals surface area (Å²) in [7, 11) is 1.65. The third-order valence-electron chi connectivity index (χ3n) is 2.45. The van der Waals surface area contributed by atoms with Crippen molar-refractivity contribution in [3.8, 4) is 0 Å².